The van der Waals surface area contributed by atoms with Crippen LogP contribution in [-0.2, 0) is 6.54 Å². The fraction of sp³-hybridized carbons (Fsp3) is 0.125. The molecule has 106 valence electrons. The Kier molecular flexibility index (Phi) is 4.13. The second-order valence-electron chi connectivity index (χ2n) is 4.62. The molecule has 0 fully saturated rings. The summed E-state index contributed by atoms with van der Waals surface area (Å²) >= 11 is 3.13. The van der Waals surface area contributed by atoms with Crippen LogP contribution in [0.3, 0.4) is 0 Å². The molecule has 1 amide bonds. The van der Waals surface area contributed by atoms with Gasteiger partial charge in [0.1, 0.15) is 10.7 Å². The molecule has 1 N–H and O–H groups in total. The Balaban J connectivity index is 1.68. The average Bonchev–Trinajstić information content (AvgIpc) is 3.16. The number of amides is 1. The summed E-state index contributed by atoms with van der Waals surface area (Å²) in [6.07, 6.45) is 0. The molecule has 3 aromatic rings. The lowest BCUT2D eigenvalue weighted by molar-refractivity contribution is 0.0946. The molecule has 21 heavy (non-hydrogen) atoms. The lowest BCUT2D eigenvalue weighted by Gasteiger charge is -2.06. The molecule has 0 saturated heterocycles. The number of carbonyl (C=O) groups excluding carboxylic acids is 1. The Hall–Kier alpha value is -1.98. The highest BCUT2D eigenvalue weighted by molar-refractivity contribution is 7.20. The predicted molar refractivity (Wildman–Crippen MR) is 87.8 cm³/mol. The van der Waals surface area contributed by atoms with Gasteiger partial charge in [-0.05, 0) is 29.5 Å². The third-order valence-corrected chi connectivity index (χ3v) is 5.05. The molecule has 0 aliphatic heterocycles. The normalized spacial score (nSPS) is 10.5. The van der Waals surface area contributed by atoms with Crippen LogP contribution in [0.25, 0.3) is 9.88 Å². The van der Waals surface area contributed by atoms with E-state index in [1.165, 1.54) is 16.9 Å². The van der Waals surface area contributed by atoms with Gasteiger partial charge in [0, 0.05) is 11.9 Å². The molecule has 0 saturated carbocycles. The van der Waals surface area contributed by atoms with Crippen LogP contribution in [0.2, 0.25) is 0 Å². The summed E-state index contributed by atoms with van der Waals surface area (Å²) in [6.45, 7) is 2.57. The maximum absolute atomic E-state index is 12.1. The highest BCUT2D eigenvalue weighted by Gasteiger charge is 2.12. The molecular weight excluding hydrogens is 300 g/mol. The molecular formula is C16H14N2OS2. The van der Waals surface area contributed by atoms with Crippen LogP contribution in [0.4, 0.5) is 0 Å². The number of aromatic nitrogens is 1. The van der Waals surface area contributed by atoms with Crippen LogP contribution >= 0.6 is 22.7 Å². The van der Waals surface area contributed by atoms with E-state index in [0.717, 1.165) is 15.4 Å². The van der Waals surface area contributed by atoms with Crippen LogP contribution in [0, 0.1) is 6.92 Å². The Morgan fingerprint density at radius 1 is 1.19 bits per heavy atom. The zero-order valence-corrected chi connectivity index (χ0v) is 13.1. The molecule has 3 nitrogen and oxygen atoms in total. The topological polar surface area (TPSA) is 42.0 Å². The minimum Gasteiger partial charge on any atom is -0.347 e. The fourth-order valence-electron chi connectivity index (χ4n) is 1.97. The highest BCUT2D eigenvalue weighted by atomic mass is 32.1. The fourth-order valence-corrected chi connectivity index (χ4v) is 3.58. The van der Waals surface area contributed by atoms with Gasteiger partial charge in [0.25, 0.3) is 5.91 Å². The van der Waals surface area contributed by atoms with Crippen molar-refractivity contribution in [1.29, 1.82) is 0 Å². The van der Waals surface area contributed by atoms with E-state index < -0.39 is 0 Å². The number of hydrogen-bond donors (Lipinski definition) is 1. The number of nitrogens with one attached hydrogen (secondary N) is 1. The number of carbonyl (C=O) groups is 1. The highest BCUT2D eigenvalue weighted by Crippen LogP contribution is 2.27. The molecule has 0 bridgehead atoms. The summed E-state index contributed by atoms with van der Waals surface area (Å²) in [7, 11) is 0. The van der Waals surface area contributed by atoms with Crippen LogP contribution in [0.5, 0.6) is 0 Å². The monoisotopic (exact) mass is 314 g/mol. The molecule has 3 rings (SSSR count). The summed E-state index contributed by atoms with van der Waals surface area (Å²) in [5.74, 6) is -0.127. The van der Waals surface area contributed by atoms with Gasteiger partial charge in [-0.1, -0.05) is 30.3 Å². The second kappa shape index (κ2) is 6.20. The summed E-state index contributed by atoms with van der Waals surface area (Å²) in [4.78, 5) is 17.6. The number of thiophene rings is 1. The number of aryl methyl sites for hydroxylation is 1. The Morgan fingerprint density at radius 3 is 2.81 bits per heavy atom. The van der Waals surface area contributed by atoms with E-state index in [1.807, 2.05) is 54.1 Å². The molecule has 5 heteroatoms. The summed E-state index contributed by atoms with van der Waals surface area (Å²) in [5, 5.41) is 7.63. The molecule has 1 aromatic carbocycles. The third kappa shape index (κ3) is 3.20. The number of benzene rings is 1. The zero-order valence-electron chi connectivity index (χ0n) is 11.5. The number of nitrogens with zero attached hydrogens (tertiary/aromatic N) is 1. The average molecular weight is 314 g/mol. The van der Waals surface area contributed by atoms with Crippen molar-refractivity contribution < 1.29 is 4.79 Å². The Bertz CT molecular complexity index is 747. The van der Waals surface area contributed by atoms with E-state index in [9.17, 15) is 4.79 Å². The first-order valence-electron chi connectivity index (χ1n) is 6.56. The van der Waals surface area contributed by atoms with Gasteiger partial charge in [-0.3, -0.25) is 4.79 Å². The van der Waals surface area contributed by atoms with E-state index >= 15 is 0 Å². The van der Waals surface area contributed by atoms with E-state index in [2.05, 4.69) is 10.3 Å². The molecule has 0 spiro atoms. The van der Waals surface area contributed by atoms with Crippen molar-refractivity contribution in [2.24, 2.45) is 0 Å². The molecule has 0 atom stereocenters. The van der Waals surface area contributed by atoms with Crippen LogP contribution in [-0.4, -0.2) is 10.9 Å². The first-order chi connectivity index (χ1) is 10.2. The molecule has 0 aliphatic rings. The van der Waals surface area contributed by atoms with Crippen molar-refractivity contribution in [1.82, 2.24) is 10.3 Å². The van der Waals surface area contributed by atoms with E-state index in [1.54, 1.807) is 11.3 Å². The first-order valence-corrected chi connectivity index (χ1v) is 8.32. The molecule has 0 radical (unpaired) electrons. The van der Waals surface area contributed by atoms with E-state index in [-0.39, 0.29) is 5.91 Å². The van der Waals surface area contributed by atoms with Gasteiger partial charge in [-0.15, -0.1) is 22.7 Å². The van der Waals surface area contributed by atoms with Crippen molar-refractivity contribution in [2.45, 2.75) is 13.5 Å². The molecule has 0 unspecified atom stereocenters. The molecule has 2 aromatic heterocycles. The molecule has 0 aliphatic carbocycles. The quantitative estimate of drug-likeness (QED) is 0.787. The van der Waals surface area contributed by atoms with Crippen molar-refractivity contribution in [3.05, 3.63) is 64.0 Å². The maximum atomic E-state index is 12.1. The minimum atomic E-state index is -0.127. The smallest absolute Gasteiger partial charge is 0.271 e. The van der Waals surface area contributed by atoms with Crippen molar-refractivity contribution in [3.8, 4) is 9.88 Å². The Morgan fingerprint density at radius 2 is 2.05 bits per heavy atom. The zero-order chi connectivity index (χ0) is 14.7. The van der Waals surface area contributed by atoms with E-state index in [0.29, 0.717) is 12.2 Å². The lowest BCUT2D eigenvalue weighted by Crippen LogP contribution is -2.23. The number of rotatable bonds is 4. The van der Waals surface area contributed by atoms with Gasteiger partial charge >= 0.3 is 0 Å². The summed E-state index contributed by atoms with van der Waals surface area (Å²) in [6, 6.07) is 12.0. The van der Waals surface area contributed by atoms with Crippen molar-refractivity contribution in [2.75, 3.05) is 0 Å². The summed E-state index contributed by atoms with van der Waals surface area (Å²) in [5.41, 5.74) is 2.78. The van der Waals surface area contributed by atoms with Crippen LogP contribution < -0.4 is 5.32 Å². The van der Waals surface area contributed by atoms with Gasteiger partial charge < -0.3 is 5.32 Å². The van der Waals surface area contributed by atoms with Gasteiger partial charge in [-0.2, -0.15) is 0 Å². The second-order valence-corrected chi connectivity index (χ2v) is 6.43. The summed E-state index contributed by atoms with van der Waals surface area (Å²) < 4.78 is 0. The first kappa shape index (κ1) is 14.0. The number of thiazole rings is 1. The van der Waals surface area contributed by atoms with Crippen LogP contribution in [0.1, 0.15) is 21.6 Å². The predicted octanol–water partition coefficient (Wildman–Crippen LogP) is 4.11. The Labute approximate surface area is 131 Å². The van der Waals surface area contributed by atoms with E-state index in [4.69, 9.17) is 0 Å². The van der Waals surface area contributed by atoms with Gasteiger partial charge in [0.05, 0.1) is 4.88 Å². The van der Waals surface area contributed by atoms with Crippen molar-refractivity contribution in [3.63, 3.8) is 0 Å². The van der Waals surface area contributed by atoms with Crippen molar-refractivity contribution >= 4 is 28.6 Å². The van der Waals surface area contributed by atoms with Crippen LogP contribution in [0.15, 0.2) is 47.2 Å². The maximum Gasteiger partial charge on any atom is 0.271 e. The molecule has 2 heterocycles. The third-order valence-electron chi connectivity index (χ3n) is 3.17. The number of hydrogen-bond acceptors (Lipinski definition) is 4. The van der Waals surface area contributed by atoms with Gasteiger partial charge in [0.2, 0.25) is 0 Å². The van der Waals surface area contributed by atoms with Gasteiger partial charge in [-0.25, -0.2) is 4.98 Å². The largest absolute Gasteiger partial charge is 0.347 e. The minimum absolute atomic E-state index is 0.127. The van der Waals surface area contributed by atoms with Gasteiger partial charge in [0.15, 0.2) is 0 Å². The standard InChI is InChI=1S/C16H14N2OS2/c1-11-5-2-3-6-12(11)9-17-15(19)13-10-21-16(18-13)14-7-4-8-20-14/h2-8,10H,9H2,1H3,(H,17,19). The lowest BCUT2D eigenvalue weighted by atomic mass is 10.1. The SMILES string of the molecule is Cc1ccccc1CNC(=O)c1csc(-c2cccs2)n1.